The number of aromatic nitrogens is 1. The van der Waals surface area contributed by atoms with Crippen molar-refractivity contribution >= 4 is 16.6 Å². The predicted octanol–water partition coefficient (Wildman–Crippen LogP) is 2.62. The standard InChI is InChI=1S/C14H12N2O2/c15-10-1-3-11(4-2-10)16-6-5-9-7-13(17)14(18)8-12(9)16/h1-8,17-18H,15H2. The molecular weight excluding hydrogens is 228 g/mol. The molecule has 0 bridgehead atoms. The van der Waals surface area contributed by atoms with E-state index in [0.29, 0.717) is 5.69 Å². The van der Waals surface area contributed by atoms with Crippen molar-refractivity contribution in [1.29, 1.82) is 0 Å². The molecule has 0 unspecified atom stereocenters. The molecule has 1 heterocycles. The highest BCUT2D eigenvalue weighted by atomic mass is 16.3. The molecule has 2 aromatic carbocycles. The van der Waals surface area contributed by atoms with Crippen LogP contribution in [0, 0.1) is 0 Å². The molecule has 0 saturated carbocycles. The summed E-state index contributed by atoms with van der Waals surface area (Å²) in [5.41, 5.74) is 8.14. The van der Waals surface area contributed by atoms with Crippen LogP contribution in [0.3, 0.4) is 0 Å². The summed E-state index contributed by atoms with van der Waals surface area (Å²) in [5.74, 6) is -0.240. The Morgan fingerprint density at radius 1 is 0.889 bits per heavy atom. The van der Waals surface area contributed by atoms with Gasteiger partial charge in [-0.25, -0.2) is 0 Å². The minimum atomic E-state index is -0.127. The van der Waals surface area contributed by atoms with Crippen LogP contribution in [0.1, 0.15) is 0 Å². The van der Waals surface area contributed by atoms with Gasteiger partial charge in [-0.3, -0.25) is 0 Å². The van der Waals surface area contributed by atoms with E-state index >= 15 is 0 Å². The van der Waals surface area contributed by atoms with Crippen molar-refractivity contribution in [2.24, 2.45) is 0 Å². The zero-order valence-electron chi connectivity index (χ0n) is 9.54. The molecular formula is C14H12N2O2. The Hall–Kier alpha value is -2.62. The lowest BCUT2D eigenvalue weighted by Crippen LogP contribution is -1.92. The van der Waals surface area contributed by atoms with Crippen LogP contribution in [0.4, 0.5) is 5.69 Å². The third-order valence-corrected chi connectivity index (χ3v) is 2.96. The molecule has 0 saturated heterocycles. The van der Waals surface area contributed by atoms with Gasteiger partial charge in [0.1, 0.15) is 0 Å². The molecule has 0 radical (unpaired) electrons. The second kappa shape index (κ2) is 3.70. The highest BCUT2D eigenvalue weighted by molar-refractivity contribution is 5.85. The van der Waals surface area contributed by atoms with Gasteiger partial charge in [-0.15, -0.1) is 0 Å². The zero-order valence-corrected chi connectivity index (χ0v) is 9.54. The Labute approximate surface area is 104 Å². The minimum Gasteiger partial charge on any atom is -0.504 e. The maximum Gasteiger partial charge on any atom is 0.159 e. The average Bonchev–Trinajstić information content (AvgIpc) is 2.74. The van der Waals surface area contributed by atoms with Crippen molar-refractivity contribution < 1.29 is 10.2 Å². The highest BCUT2D eigenvalue weighted by Crippen LogP contribution is 2.32. The fourth-order valence-corrected chi connectivity index (χ4v) is 2.02. The first kappa shape index (κ1) is 10.5. The van der Waals surface area contributed by atoms with Gasteiger partial charge >= 0.3 is 0 Å². The summed E-state index contributed by atoms with van der Waals surface area (Å²) in [7, 11) is 0. The van der Waals surface area contributed by atoms with Crippen molar-refractivity contribution in [3.05, 3.63) is 48.7 Å². The first-order valence-corrected chi connectivity index (χ1v) is 5.54. The van der Waals surface area contributed by atoms with Gasteiger partial charge in [-0.05, 0) is 36.4 Å². The van der Waals surface area contributed by atoms with Crippen LogP contribution in [0.25, 0.3) is 16.6 Å². The van der Waals surface area contributed by atoms with E-state index in [1.54, 1.807) is 12.1 Å². The molecule has 0 spiro atoms. The van der Waals surface area contributed by atoms with Crippen LogP contribution in [0.15, 0.2) is 48.7 Å². The van der Waals surface area contributed by atoms with Crippen LogP contribution in [-0.2, 0) is 0 Å². The first-order chi connectivity index (χ1) is 8.65. The summed E-state index contributed by atoms with van der Waals surface area (Å²) in [6.45, 7) is 0. The van der Waals surface area contributed by atoms with Crippen LogP contribution in [0.5, 0.6) is 11.5 Å². The number of nitrogen functional groups attached to an aromatic ring is 1. The smallest absolute Gasteiger partial charge is 0.159 e. The molecule has 0 amide bonds. The lowest BCUT2D eigenvalue weighted by atomic mass is 10.2. The number of nitrogens with zero attached hydrogens (tertiary/aromatic N) is 1. The average molecular weight is 240 g/mol. The number of nitrogens with two attached hydrogens (primary N) is 1. The Balaban J connectivity index is 2.23. The molecule has 0 aliphatic heterocycles. The van der Waals surface area contributed by atoms with Crippen LogP contribution in [-0.4, -0.2) is 14.8 Å². The number of rotatable bonds is 1. The molecule has 90 valence electrons. The third-order valence-electron chi connectivity index (χ3n) is 2.96. The number of phenolic OH excluding ortho intramolecular Hbond substituents is 2. The number of benzene rings is 2. The van der Waals surface area contributed by atoms with Gasteiger partial charge in [0.2, 0.25) is 0 Å². The first-order valence-electron chi connectivity index (χ1n) is 5.54. The summed E-state index contributed by atoms with van der Waals surface area (Å²) < 4.78 is 1.92. The Kier molecular flexibility index (Phi) is 2.16. The quantitative estimate of drug-likeness (QED) is 0.452. The number of fused-ring (bicyclic) bond motifs is 1. The van der Waals surface area contributed by atoms with Crippen LogP contribution in [0.2, 0.25) is 0 Å². The van der Waals surface area contributed by atoms with Gasteiger partial charge in [0.15, 0.2) is 11.5 Å². The summed E-state index contributed by atoms with van der Waals surface area (Å²) >= 11 is 0. The number of hydrogen-bond donors (Lipinski definition) is 3. The number of anilines is 1. The van der Waals surface area contributed by atoms with Gasteiger partial charge in [0.25, 0.3) is 0 Å². The Bertz CT molecular complexity index is 714. The monoisotopic (exact) mass is 240 g/mol. The largest absolute Gasteiger partial charge is 0.504 e. The summed E-state index contributed by atoms with van der Waals surface area (Å²) in [5, 5.41) is 19.9. The molecule has 4 N–H and O–H groups in total. The third kappa shape index (κ3) is 1.55. The summed E-state index contributed by atoms with van der Waals surface area (Å²) in [6, 6.07) is 12.4. The van der Waals surface area contributed by atoms with E-state index in [1.807, 2.05) is 41.1 Å². The van der Waals surface area contributed by atoms with Gasteiger partial charge in [0, 0.05) is 29.0 Å². The summed E-state index contributed by atoms with van der Waals surface area (Å²) in [6.07, 6.45) is 1.88. The zero-order chi connectivity index (χ0) is 12.7. The van der Waals surface area contributed by atoms with E-state index in [1.165, 1.54) is 0 Å². The van der Waals surface area contributed by atoms with Gasteiger partial charge in [-0.2, -0.15) is 0 Å². The van der Waals surface area contributed by atoms with E-state index in [-0.39, 0.29) is 11.5 Å². The van der Waals surface area contributed by atoms with Gasteiger partial charge in [-0.1, -0.05) is 0 Å². The van der Waals surface area contributed by atoms with Crippen molar-refractivity contribution in [2.75, 3.05) is 5.73 Å². The number of phenols is 2. The van der Waals surface area contributed by atoms with E-state index in [2.05, 4.69) is 0 Å². The SMILES string of the molecule is Nc1ccc(-n2ccc3cc(O)c(O)cc32)cc1. The van der Waals surface area contributed by atoms with Crippen molar-refractivity contribution in [3.8, 4) is 17.2 Å². The topological polar surface area (TPSA) is 71.4 Å². The fourth-order valence-electron chi connectivity index (χ4n) is 2.02. The number of aromatic hydroxyl groups is 2. The maximum absolute atomic E-state index is 9.57. The summed E-state index contributed by atoms with van der Waals surface area (Å²) in [4.78, 5) is 0. The molecule has 3 aromatic rings. The van der Waals surface area contributed by atoms with Crippen molar-refractivity contribution in [2.45, 2.75) is 0 Å². The molecule has 0 atom stereocenters. The molecule has 0 fully saturated rings. The predicted molar refractivity (Wildman–Crippen MR) is 71.0 cm³/mol. The Morgan fingerprint density at radius 2 is 1.56 bits per heavy atom. The molecule has 0 aliphatic rings. The van der Waals surface area contributed by atoms with Gasteiger partial charge < -0.3 is 20.5 Å². The lowest BCUT2D eigenvalue weighted by molar-refractivity contribution is 0.405. The molecule has 18 heavy (non-hydrogen) atoms. The van der Waals surface area contributed by atoms with E-state index in [0.717, 1.165) is 16.6 Å². The molecule has 4 heteroatoms. The molecule has 4 nitrogen and oxygen atoms in total. The van der Waals surface area contributed by atoms with Crippen molar-refractivity contribution in [1.82, 2.24) is 4.57 Å². The van der Waals surface area contributed by atoms with E-state index in [4.69, 9.17) is 5.73 Å². The van der Waals surface area contributed by atoms with E-state index in [9.17, 15) is 10.2 Å². The second-order valence-corrected chi connectivity index (χ2v) is 4.18. The van der Waals surface area contributed by atoms with Crippen molar-refractivity contribution in [3.63, 3.8) is 0 Å². The molecule has 3 rings (SSSR count). The normalized spacial score (nSPS) is 10.9. The van der Waals surface area contributed by atoms with Crippen LogP contribution >= 0.6 is 0 Å². The maximum atomic E-state index is 9.57. The Morgan fingerprint density at radius 3 is 2.28 bits per heavy atom. The minimum absolute atomic E-state index is 0.113. The fraction of sp³-hybridized carbons (Fsp3) is 0. The van der Waals surface area contributed by atoms with Crippen LogP contribution < -0.4 is 5.73 Å². The molecule has 1 aromatic heterocycles. The number of hydrogen-bond acceptors (Lipinski definition) is 3. The highest BCUT2D eigenvalue weighted by Gasteiger charge is 2.07. The lowest BCUT2D eigenvalue weighted by Gasteiger charge is -2.06. The second-order valence-electron chi connectivity index (χ2n) is 4.18. The van der Waals surface area contributed by atoms with Gasteiger partial charge in [0.05, 0.1) is 5.52 Å². The van der Waals surface area contributed by atoms with E-state index < -0.39 is 0 Å². The molecule has 0 aliphatic carbocycles.